The molecule has 1 rings (SSSR count). The van der Waals surface area contributed by atoms with E-state index in [0.29, 0.717) is 0 Å². The standard InChI is InChI=1S/C15H20O6S/c1-11(16)15(4,10-20-22(18)19)13(17)21-14(2,3)12-8-6-5-7-9-12/h5-9H,10H2,1-4H3,(H,18,19)/p-1. The molecule has 0 aliphatic heterocycles. The molecule has 0 heterocycles. The number of ether oxygens (including phenoxy) is 1. The van der Waals surface area contributed by atoms with E-state index in [1.165, 1.54) is 13.8 Å². The Balaban J connectivity index is 2.96. The monoisotopic (exact) mass is 327 g/mol. The molecule has 122 valence electrons. The van der Waals surface area contributed by atoms with Crippen molar-refractivity contribution in [3.05, 3.63) is 35.9 Å². The Bertz CT molecular complexity index is 569. The molecule has 2 unspecified atom stereocenters. The number of hydrogen-bond donors (Lipinski definition) is 0. The Morgan fingerprint density at radius 3 is 2.18 bits per heavy atom. The third-order valence-corrected chi connectivity index (χ3v) is 3.80. The summed E-state index contributed by atoms with van der Waals surface area (Å²) in [6.07, 6.45) is 0. The molecule has 0 radical (unpaired) electrons. The molecule has 6 nitrogen and oxygen atoms in total. The molecule has 0 fully saturated rings. The highest BCUT2D eigenvalue weighted by molar-refractivity contribution is 7.74. The summed E-state index contributed by atoms with van der Waals surface area (Å²) in [6.45, 7) is 5.27. The highest BCUT2D eigenvalue weighted by atomic mass is 32.2. The summed E-state index contributed by atoms with van der Waals surface area (Å²) in [5.74, 6) is -1.37. The first-order valence-electron chi connectivity index (χ1n) is 6.62. The zero-order chi connectivity index (χ0) is 17.0. The molecule has 2 atom stereocenters. The molecule has 1 aromatic carbocycles. The van der Waals surface area contributed by atoms with Crippen molar-refractivity contribution in [2.45, 2.75) is 33.3 Å². The van der Waals surface area contributed by atoms with Crippen LogP contribution in [0.15, 0.2) is 30.3 Å². The van der Waals surface area contributed by atoms with Crippen LogP contribution in [0.25, 0.3) is 0 Å². The first-order chi connectivity index (χ1) is 10.1. The topological polar surface area (TPSA) is 92.7 Å². The Morgan fingerprint density at radius 1 is 1.18 bits per heavy atom. The van der Waals surface area contributed by atoms with Crippen LogP contribution in [0.4, 0.5) is 0 Å². The summed E-state index contributed by atoms with van der Waals surface area (Å²) in [4.78, 5) is 24.1. The lowest BCUT2D eigenvalue weighted by atomic mass is 9.87. The first kappa shape index (κ1) is 18.5. The van der Waals surface area contributed by atoms with Gasteiger partial charge in [-0.15, -0.1) is 0 Å². The summed E-state index contributed by atoms with van der Waals surface area (Å²) in [5, 5.41) is 0. The molecule has 1 aromatic rings. The van der Waals surface area contributed by atoms with Gasteiger partial charge in [-0.3, -0.25) is 13.8 Å². The first-order valence-corrected chi connectivity index (χ1v) is 7.62. The van der Waals surface area contributed by atoms with Gasteiger partial charge >= 0.3 is 5.97 Å². The quantitative estimate of drug-likeness (QED) is 0.431. The minimum atomic E-state index is -2.81. The number of Topliss-reactive ketones (excluding diaryl/α,β-unsaturated/α-hetero) is 1. The number of carbonyl (C=O) groups is 2. The minimum absolute atomic E-state index is 0.535. The maximum absolute atomic E-state index is 12.4. The molecule has 0 bridgehead atoms. The number of rotatable bonds is 7. The van der Waals surface area contributed by atoms with E-state index in [9.17, 15) is 18.4 Å². The normalized spacial score (nSPS) is 15.7. The van der Waals surface area contributed by atoms with E-state index in [2.05, 4.69) is 4.18 Å². The molecule has 0 saturated heterocycles. The molecular weight excluding hydrogens is 308 g/mol. The van der Waals surface area contributed by atoms with Crippen LogP contribution in [0.1, 0.15) is 33.3 Å². The van der Waals surface area contributed by atoms with Crippen molar-refractivity contribution in [1.82, 2.24) is 0 Å². The van der Waals surface area contributed by atoms with Crippen molar-refractivity contribution in [2.75, 3.05) is 6.61 Å². The van der Waals surface area contributed by atoms with Gasteiger partial charge in [0, 0.05) is 0 Å². The summed E-state index contributed by atoms with van der Waals surface area (Å²) >= 11 is -2.81. The summed E-state index contributed by atoms with van der Waals surface area (Å²) in [5.41, 5.74) is -1.90. The average molecular weight is 327 g/mol. The molecule has 0 spiro atoms. The largest absolute Gasteiger partial charge is 0.750 e. The van der Waals surface area contributed by atoms with Crippen LogP contribution in [-0.2, 0) is 35.5 Å². The maximum atomic E-state index is 12.4. The predicted molar refractivity (Wildman–Crippen MR) is 79.2 cm³/mol. The van der Waals surface area contributed by atoms with E-state index in [-0.39, 0.29) is 0 Å². The lowest BCUT2D eigenvalue weighted by Gasteiger charge is -2.31. The third kappa shape index (κ3) is 4.46. The van der Waals surface area contributed by atoms with Crippen LogP contribution in [0.5, 0.6) is 0 Å². The Labute approximate surface area is 132 Å². The summed E-state index contributed by atoms with van der Waals surface area (Å²) < 4.78 is 30.9. The Hall–Kier alpha value is -1.57. The number of benzene rings is 1. The second kappa shape index (κ2) is 7.13. The second-order valence-electron chi connectivity index (χ2n) is 5.62. The van der Waals surface area contributed by atoms with Gasteiger partial charge in [-0.25, -0.2) is 4.21 Å². The van der Waals surface area contributed by atoms with Gasteiger partial charge in [0.2, 0.25) is 0 Å². The van der Waals surface area contributed by atoms with E-state index in [0.717, 1.165) is 5.56 Å². The summed E-state index contributed by atoms with van der Waals surface area (Å²) in [6, 6.07) is 9.03. The third-order valence-electron chi connectivity index (χ3n) is 3.49. The molecule has 0 aromatic heterocycles. The molecule has 0 aliphatic rings. The van der Waals surface area contributed by atoms with Crippen molar-refractivity contribution in [3.63, 3.8) is 0 Å². The maximum Gasteiger partial charge on any atom is 0.322 e. The molecule has 7 heteroatoms. The van der Waals surface area contributed by atoms with Crippen LogP contribution in [0.3, 0.4) is 0 Å². The second-order valence-corrected chi connectivity index (χ2v) is 6.26. The molecule has 22 heavy (non-hydrogen) atoms. The fourth-order valence-electron chi connectivity index (χ4n) is 1.71. The van der Waals surface area contributed by atoms with Gasteiger partial charge in [-0.05, 0) is 33.3 Å². The van der Waals surface area contributed by atoms with Gasteiger partial charge < -0.3 is 9.29 Å². The van der Waals surface area contributed by atoms with Gasteiger partial charge in [0.15, 0.2) is 0 Å². The average Bonchev–Trinajstić information content (AvgIpc) is 2.44. The molecule has 0 aliphatic carbocycles. The molecular formula is C15H19O6S-. The molecule has 0 N–H and O–H groups in total. The van der Waals surface area contributed by atoms with Crippen LogP contribution >= 0.6 is 0 Å². The van der Waals surface area contributed by atoms with Gasteiger partial charge in [0.25, 0.3) is 0 Å². The van der Waals surface area contributed by atoms with Gasteiger partial charge in [0.1, 0.15) is 16.8 Å². The van der Waals surface area contributed by atoms with E-state index in [1.54, 1.807) is 38.1 Å². The minimum Gasteiger partial charge on any atom is -0.750 e. The van der Waals surface area contributed by atoms with Gasteiger partial charge in [-0.2, -0.15) is 0 Å². The molecule has 0 saturated carbocycles. The highest BCUT2D eigenvalue weighted by Gasteiger charge is 2.43. The molecule has 0 amide bonds. The van der Waals surface area contributed by atoms with Crippen molar-refractivity contribution < 1.29 is 27.3 Å². The van der Waals surface area contributed by atoms with Crippen LogP contribution in [0.2, 0.25) is 0 Å². The summed E-state index contributed by atoms with van der Waals surface area (Å²) in [7, 11) is 0. The number of carbonyl (C=O) groups excluding carboxylic acids is 2. The Morgan fingerprint density at radius 2 is 1.73 bits per heavy atom. The van der Waals surface area contributed by atoms with E-state index >= 15 is 0 Å². The van der Waals surface area contributed by atoms with Crippen molar-refractivity contribution in [3.8, 4) is 0 Å². The number of hydrogen-bond acceptors (Lipinski definition) is 6. The van der Waals surface area contributed by atoms with Crippen molar-refractivity contribution >= 4 is 23.1 Å². The van der Waals surface area contributed by atoms with Crippen molar-refractivity contribution in [1.29, 1.82) is 0 Å². The van der Waals surface area contributed by atoms with Crippen LogP contribution in [0, 0.1) is 5.41 Å². The van der Waals surface area contributed by atoms with Gasteiger partial charge in [-0.1, -0.05) is 30.3 Å². The lowest BCUT2D eigenvalue weighted by Crippen LogP contribution is -2.44. The zero-order valence-corrected chi connectivity index (χ0v) is 13.8. The van der Waals surface area contributed by atoms with E-state index in [1.807, 2.05) is 6.07 Å². The van der Waals surface area contributed by atoms with Crippen molar-refractivity contribution in [2.24, 2.45) is 5.41 Å². The fraction of sp³-hybridized carbons (Fsp3) is 0.467. The fourth-order valence-corrected chi connectivity index (χ4v) is 2.05. The smallest absolute Gasteiger partial charge is 0.322 e. The predicted octanol–water partition coefficient (Wildman–Crippen LogP) is 1.87. The SMILES string of the molecule is CC(=O)C(C)(COS(=O)[O-])C(=O)OC(C)(C)c1ccccc1. The number of esters is 1. The zero-order valence-electron chi connectivity index (χ0n) is 13.0. The number of ketones is 1. The van der Waals surface area contributed by atoms with Gasteiger partial charge in [0.05, 0.1) is 18.0 Å². The highest BCUT2D eigenvalue weighted by Crippen LogP contribution is 2.30. The lowest BCUT2D eigenvalue weighted by molar-refractivity contribution is -0.173. The van der Waals surface area contributed by atoms with E-state index in [4.69, 9.17) is 4.74 Å². The van der Waals surface area contributed by atoms with Crippen LogP contribution < -0.4 is 0 Å². The van der Waals surface area contributed by atoms with Crippen LogP contribution in [-0.4, -0.2) is 27.1 Å². The van der Waals surface area contributed by atoms with E-state index < -0.39 is 40.7 Å². The Kier molecular flexibility index (Phi) is 5.99.